The van der Waals surface area contributed by atoms with E-state index in [0.29, 0.717) is 26.2 Å². The first-order valence-electron chi connectivity index (χ1n) is 8.67. The molecule has 1 N–H and O–H groups in total. The van der Waals surface area contributed by atoms with Gasteiger partial charge in [-0.25, -0.2) is 4.79 Å². The molecular formula is C20H19Cl2NO3S. The lowest BCUT2D eigenvalue weighted by Crippen LogP contribution is -2.12. The van der Waals surface area contributed by atoms with Crippen molar-refractivity contribution < 1.29 is 14.3 Å². The Morgan fingerprint density at radius 2 is 1.85 bits per heavy atom. The maximum Gasteiger partial charge on any atom is 0.341 e. The van der Waals surface area contributed by atoms with Gasteiger partial charge in [-0.2, -0.15) is 0 Å². The van der Waals surface area contributed by atoms with E-state index >= 15 is 0 Å². The third-order valence-electron chi connectivity index (χ3n) is 4.45. The van der Waals surface area contributed by atoms with Gasteiger partial charge in [0.15, 0.2) is 0 Å². The van der Waals surface area contributed by atoms with E-state index < -0.39 is 5.97 Å². The number of nitrogens with one attached hydrogen (secondary N) is 1. The van der Waals surface area contributed by atoms with E-state index in [-0.39, 0.29) is 5.91 Å². The van der Waals surface area contributed by atoms with Crippen LogP contribution in [0, 0.1) is 0 Å². The smallest absolute Gasteiger partial charge is 0.341 e. The Labute approximate surface area is 172 Å². The number of esters is 1. The van der Waals surface area contributed by atoms with Gasteiger partial charge < -0.3 is 10.1 Å². The van der Waals surface area contributed by atoms with E-state index in [4.69, 9.17) is 27.9 Å². The number of methoxy groups -OCH3 is 1. The number of benzene rings is 1. The normalized spacial score (nSPS) is 13.9. The lowest BCUT2D eigenvalue weighted by Gasteiger charge is -2.06. The van der Waals surface area contributed by atoms with Crippen LogP contribution < -0.4 is 5.32 Å². The van der Waals surface area contributed by atoms with Crippen molar-refractivity contribution in [1.82, 2.24) is 0 Å². The molecule has 0 bridgehead atoms. The van der Waals surface area contributed by atoms with Gasteiger partial charge in [-0.3, -0.25) is 4.79 Å². The summed E-state index contributed by atoms with van der Waals surface area (Å²) in [6, 6.07) is 5.15. The largest absolute Gasteiger partial charge is 0.465 e. The number of aryl methyl sites for hydroxylation is 1. The first-order chi connectivity index (χ1) is 13.0. The van der Waals surface area contributed by atoms with E-state index in [2.05, 4.69) is 5.32 Å². The standard InChI is InChI=1S/C20H19Cl2NO3S/c1-26-20(25)18-13-6-3-2-4-9-16(13)27-19(18)23-17(24)11-10-12-14(21)7-5-8-15(12)22/h5,7-8,10-11H,2-4,6,9H2,1H3,(H,23,24)/b11-10+. The maximum atomic E-state index is 12.4. The highest BCUT2D eigenvalue weighted by molar-refractivity contribution is 7.17. The van der Waals surface area contributed by atoms with Crippen molar-refractivity contribution >= 4 is 57.5 Å². The van der Waals surface area contributed by atoms with Crippen LogP contribution in [0.4, 0.5) is 5.00 Å². The fraction of sp³-hybridized carbons (Fsp3) is 0.300. The van der Waals surface area contributed by atoms with Crippen LogP contribution in [0.1, 0.15) is 45.6 Å². The molecule has 0 spiro atoms. The Morgan fingerprint density at radius 3 is 2.56 bits per heavy atom. The molecule has 27 heavy (non-hydrogen) atoms. The molecule has 0 aliphatic heterocycles. The predicted octanol–water partition coefficient (Wildman–Crippen LogP) is 5.76. The summed E-state index contributed by atoms with van der Waals surface area (Å²) >= 11 is 13.7. The van der Waals surface area contributed by atoms with Gasteiger partial charge in [-0.05, 0) is 49.5 Å². The molecule has 1 aromatic carbocycles. The van der Waals surface area contributed by atoms with Gasteiger partial charge >= 0.3 is 5.97 Å². The lowest BCUT2D eigenvalue weighted by molar-refractivity contribution is -0.111. The first-order valence-corrected chi connectivity index (χ1v) is 10.2. The highest BCUT2D eigenvalue weighted by Gasteiger charge is 2.25. The van der Waals surface area contributed by atoms with Crippen LogP contribution in [0.25, 0.3) is 6.08 Å². The molecule has 1 heterocycles. The third-order valence-corrected chi connectivity index (χ3v) is 6.32. The molecule has 0 unspecified atom stereocenters. The maximum absolute atomic E-state index is 12.4. The van der Waals surface area contributed by atoms with Crippen molar-refractivity contribution in [3.8, 4) is 0 Å². The number of fused-ring (bicyclic) bond motifs is 1. The molecule has 4 nitrogen and oxygen atoms in total. The topological polar surface area (TPSA) is 55.4 Å². The summed E-state index contributed by atoms with van der Waals surface area (Å²) in [6.45, 7) is 0. The minimum Gasteiger partial charge on any atom is -0.465 e. The van der Waals surface area contributed by atoms with Gasteiger partial charge in [0.05, 0.1) is 12.7 Å². The zero-order chi connectivity index (χ0) is 19.4. The van der Waals surface area contributed by atoms with Crippen molar-refractivity contribution in [2.45, 2.75) is 32.1 Å². The highest BCUT2D eigenvalue weighted by atomic mass is 35.5. The summed E-state index contributed by atoms with van der Waals surface area (Å²) in [5.41, 5.74) is 2.07. The van der Waals surface area contributed by atoms with Crippen LogP contribution in [0.5, 0.6) is 0 Å². The van der Waals surface area contributed by atoms with E-state index in [1.807, 2.05) is 0 Å². The molecule has 3 rings (SSSR count). The molecule has 1 aliphatic rings. The second kappa shape index (κ2) is 8.91. The number of thiophene rings is 1. The van der Waals surface area contributed by atoms with Crippen molar-refractivity contribution in [3.63, 3.8) is 0 Å². The van der Waals surface area contributed by atoms with Crippen molar-refractivity contribution in [3.05, 3.63) is 55.9 Å². The van der Waals surface area contributed by atoms with Gasteiger partial charge in [-0.15, -0.1) is 11.3 Å². The van der Waals surface area contributed by atoms with E-state index in [1.54, 1.807) is 24.3 Å². The second-order valence-electron chi connectivity index (χ2n) is 6.22. The molecule has 0 saturated heterocycles. The number of halogens is 2. The zero-order valence-corrected chi connectivity index (χ0v) is 17.1. The molecule has 0 saturated carbocycles. The van der Waals surface area contributed by atoms with Gasteiger partial charge in [0.25, 0.3) is 0 Å². The number of carbonyl (C=O) groups is 2. The SMILES string of the molecule is COC(=O)c1c(NC(=O)/C=C/c2c(Cl)cccc2Cl)sc2c1CCCCC2. The number of carbonyl (C=O) groups excluding carboxylic acids is 2. The summed E-state index contributed by atoms with van der Waals surface area (Å²) in [4.78, 5) is 25.9. The zero-order valence-electron chi connectivity index (χ0n) is 14.8. The molecular weight excluding hydrogens is 405 g/mol. The van der Waals surface area contributed by atoms with E-state index in [9.17, 15) is 9.59 Å². The minimum atomic E-state index is -0.414. The molecule has 0 atom stereocenters. The molecule has 0 radical (unpaired) electrons. The predicted molar refractivity (Wildman–Crippen MR) is 111 cm³/mol. The van der Waals surface area contributed by atoms with Crippen molar-refractivity contribution in [1.29, 1.82) is 0 Å². The Balaban J connectivity index is 1.85. The average molecular weight is 424 g/mol. The Morgan fingerprint density at radius 1 is 1.15 bits per heavy atom. The molecule has 1 amide bonds. The van der Waals surface area contributed by atoms with Crippen LogP contribution in [-0.4, -0.2) is 19.0 Å². The molecule has 1 aromatic heterocycles. The van der Waals surface area contributed by atoms with Crippen LogP contribution >= 0.6 is 34.5 Å². The molecule has 1 aliphatic carbocycles. The molecule has 7 heteroatoms. The summed E-state index contributed by atoms with van der Waals surface area (Å²) in [5.74, 6) is -0.768. The second-order valence-corrected chi connectivity index (χ2v) is 8.14. The highest BCUT2D eigenvalue weighted by Crippen LogP contribution is 2.38. The van der Waals surface area contributed by atoms with Gasteiger partial charge in [-0.1, -0.05) is 35.7 Å². The number of amides is 1. The van der Waals surface area contributed by atoms with Crippen LogP contribution in [0.15, 0.2) is 24.3 Å². The number of hydrogen-bond acceptors (Lipinski definition) is 4. The van der Waals surface area contributed by atoms with E-state index in [1.165, 1.54) is 24.5 Å². The first kappa shape index (κ1) is 19.9. The number of rotatable bonds is 4. The average Bonchev–Trinajstić information content (AvgIpc) is 2.81. The summed E-state index contributed by atoms with van der Waals surface area (Å²) in [6.07, 6.45) is 7.95. The van der Waals surface area contributed by atoms with Crippen molar-refractivity contribution in [2.24, 2.45) is 0 Å². The quantitative estimate of drug-likeness (QED) is 0.386. The van der Waals surface area contributed by atoms with Crippen molar-refractivity contribution in [2.75, 3.05) is 12.4 Å². The number of hydrogen-bond donors (Lipinski definition) is 1. The Kier molecular flexibility index (Phi) is 6.58. The minimum absolute atomic E-state index is 0.354. The molecule has 142 valence electrons. The third kappa shape index (κ3) is 4.54. The summed E-state index contributed by atoms with van der Waals surface area (Å²) < 4.78 is 4.95. The van der Waals surface area contributed by atoms with Crippen LogP contribution in [0.3, 0.4) is 0 Å². The number of ether oxygens (including phenoxy) is 1. The Hall–Kier alpha value is -1.82. The summed E-state index contributed by atoms with van der Waals surface area (Å²) in [7, 11) is 1.36. The molecule has 0 fully saturated rings. The molecule has 2 aromatic rings. The van der Waals surface area contributed by atoms with Gasteiger partial charge in [0, 0.05) is 26.6 Å². The number of anilines is 1. The van der Waals surface area contributed by atoms with Gasteiger partial charge in [0.1, 0.15) is 5.00 Å². The lowest BCUT2D eigenvalue weighted by atomic mass is 10.1. The van der Waals surface area contributed by atoms with E-state index in [0.717, 1.165) is 42.5 Å². The van der Waals surface area contributed by atoms with Crippen LogP contribution in [0.2, 0.25) is 10.0 Å². The van der Waals surface area contributed by atoms with Gasteiger partial charge in [0.2, 0.25) is 5.91 Å². The van der Waals surface area contributed by atoms with Crippen LogP contribution in [-0.2, 0) is 22.4 Å². The summed E-state index contributed by atoms with van der Waals surface area (Å²) in [5, 5.41) is 4.28. The Bertz CT molecular complexity index is 885. The fourth-order valence-electron chi connectivity index (χ4n) is 3.13. The fourth-order valence-corrected chi connectivity index (χ4v) is 4.94. The monoisotopic (exact) mass is 423 g/mol.